The average molecular weight is 530 g/mol. The van der Waals surface area contributed by atoms with Crippen molar-refractivity contribution in [2.24, 2.45) is 0 Å². The average Bonchev–Trinajstić information content (AvgIpc) is 2.84. The lowest BCUT2D eigenvalue weighted by molar-refractivity contribution is -0.136. The van der Waals surface area contributed by atoms with E-state index in [9.17, 15) is 26.7 Å². The lowest BCUT2D eigenvalue weighted by Gasteiger charge is -2.36. The van der Waals surface area contributed by atoms with Gasteiger partial charge in [-0.05, 0) is 68.4 Å². The minimum Gasteiger partial charge on any atom is -0.372 e. The molecule has 0 bridgehead atoms. The van der Waals surface area contributed by atoms with Gasteiger partial charge < -0.3 is 15.0 Å². The topological polar surface area (TPSA) is 59.4 Å². The van der Waals surface area contributed by atoms with Gasteiger partial charge in [-0.2, -0.15) is 13.2 Å². The molecule has 0 saturated carbocycles. The van der Waals surface area contributed by atoms with Crippen LogP contribution in [0.2, 0.25) is 0 Å². The van der Waals surface area contributed by atoms with Crippen molar-refractivity contribution in [3.8, 4) is 5.69 Å². The highest BCUT2D eigenvalue weighted by Gasteiger charge is 2.37. The molecule has 2 aromatic carbocycles. The fourth-order valence-corrected chi connectivity index (χ4v) is 4.67. The highest BCUT2D eigenvalue weighted by atomic mass is 19.4. The van der Waals surface area contributed by atoms with E-state index in [0.717, 1.165) is 24.3 Å². The molecule has 1 N–H and O–H groups in total. The molecule has 0 amide bonds. The molecule has 198 valence electrons. The highest BCUT2D eigenvalue weighted by Crippen LogP contribution is 2.37. The maximum absolute atomic E-state index is 14.4. The Morgan fingerprint density at radius 2 is 1.50 bits per heavy atom. The SMILES string of the molecule is CC1CN(c2cc(C(F)(F)F)c3c(=O)cc(Nc4ccc(F)cc4)n(-c4ccc(F)cc4)c3n2)CC(C)O1. The molecule has 5 rings (SSSR count). The quantitative estimate of drug-likeness (QED) is 0.326. The first kappa shape index (κ1) is 25.7. The number of fused-ring (bicyclic) bond motifs is 1. The number of halogens is 5. The second kappa shape index (κ2) is 9.71. The first-order valence-electron chi connectivity index (χ1n) is 11.9. The fraction of sp³-hybridized carbons (Fsp3) is 0.259. The monoisotopic (exact) mass is 530 g/mol. The number of benzene rings is 2. The minimum absolute atomic E-state index is 0.0287. The summed E-state index contributed by atoms with van der Waals surface area (Å²) in [6.07, 6.45) is -5.36. The number of rotatable bonds is 4. The molecule has 0 spiro atoms. The van der Waals surface area contributed by atoms with Gasteiger partial charge in [0.25, 0.3) is 0 Å². The zero-order valence-electron chi connectivity index (χ0n) is 20.4. The summed E-state index contributed by atoms with van der Waals surface area (Å²) in [6.45, 7) is 4.23. The number of morpholine rings is 1. The molecule has 11 heteroatoms. The van der Waals surface area contributed by atoms with E-state index in [4.69, 9.17) is 4.74 Å². The van der Waals surface area contributed by atoms with Crippen LogP contribution in [-0.2, 0) is 10.9 Å². The maximum atomic E-state index is 14.4. The van der Waals surface area contributed by atoms with Crippen LogP contribution in [0.5, 0.6) is 0 Å². The summed E-state index contributed by atoms with van der Waals surface area (Å²) in [5.74, 6) is -0.934. The molecular weight excluding hydrogens is 507 g/mol. The normalized spacial score (nSPS) is 18.1. The van der Waals surface area contributed by atoms with Crippen LogP contribution in [0.3, 0.4) is 0 Å². The summed E-state index contributed by atoms with van der Waals surface area (Å²) in [4.78, 5) is 19.4. The summed E-state index contributed by atoms with van der Waals surface area (Å²) in [7, 11) is 0. The van der Waals surface area contributed by atoms with Crippen molar-refractivity contribution in [2.45, 2.75) is 32.2 Å². The molecule has 2 atom stereocenters. The largest absolute Gasteiger partial charge is 0.417 e. The van der Waals surface area contributed by atoms with Crippen molar-refractivity contribution in [2.75, 3.05) is 23.3 Å². The Bertz CT molecular complexity index is 1530. The van der Waals surface area contributed by atoms with Crippen molar-refractivity contribution in [1.29, 1.82) is 0 Å². The zero-order chi connectivity index (χ0) is 27.2. The number of nitrogens with one attached hydrogen (secondary N) is 1. The Morgan fingerprint density at radius 1 is 0.921 bits per heavy atom. The number of pyridine rings is 2. The predicted molar refractivity (Wildman–Crippen MR) is 134 cm³/mol. The van der Waals surface area contributed by atoms with Gasteiger partial charge in [-0.1, -0.05) is 0 Å². The van der Waals surface area contributed by atoms with E-state index in [1.54, 1.807) is 4.90 Å². The number of anilines is 3. The molecule has 2 aromatic heterocycles. The first-order chi connectivity index (χ1) is 18.0. The molecule has 0 aliphatic carbocycles. The maximum Gasteiger partial charge on any atom is 0.417 e. The summed E-state index contributed by atoms with van der Waals surface area (Å²) >= 11 is 0. The Hall–Kier alpha value is -3.99. The Balaban J connectivity index is 1.82. The molecule has 1 fully saturated rings. The second-order valence-corrected chi connectivity index (χ2v) is 9.22. The molecule has 3 heterocycles. The molecule has 4 aromatic rings. The van der Waals surface area contributed by atoms with Crippen LogP contribution in [0.25, 0.3) is 16.7 Å². The van der Waals surface area contributed by atoms with Gasteiger partial charge in [0, 0.05) is 30.5 Å². The molecular formula is C27H23F5N4O2. The van der Waals surface area contributed by atoms with Crippen molar-refractivity contribution in [1.82, 2.24) is 9.55 Å². The van der Waals surface area contributed by atoms with Gasteiger partial charge in [0.1, 0.15) is 23.3 Å². The van der Waals surface area contributed by atoms with E-state index >= 15 is 0 Å². The van der Waals surface area contributed by atoms with Gasteiger partial charge in [0.15, 0.2) is 11.1 Å². The number of hydrogen-bond donors (Lipinski definition) is 1. The van der Waals surface area contributed by atoms with Crippen LogP contribution >= 0.6 is 0 Å². The lowest BCUT2D eigenvalue weighted by Crippen LogP contribution is -2.46. The van der Waals surface area contributed by atoms with Crippen molar-refractivity contribution >= 4 is 28.4 Å². The van der Waals surface area contributed by atoms with E-state index in [0.29, 0.717) is 18.8 Å². The zero-order valence-corrected chi connectivity index (χ0v) is 20.4. The summed E-state index contributed by atoms with van der Waals surface area (Å²) in [5.41, 5.74) is -1.64. The number of aromatic nitrogens is 2. The van der Waals surface area contributed by atoms with Crippen molar-refractivity contribution in [3.63, 3.8) is 0 Å². The van der Waals surface area contributed by atoms with E-state index in [-0.39, 0.29) is 35.2 Å². The van der Waals surface area contributed by atoms with Crippen LogP contribution in [0.4, 0.5) is 39.3 Å². The van der Waals surface area contributed by atoms with Crippen molar-refractivity contribution < 1.29 is 26.7 Å². The van der Waals surface area contributed by atoms with Crippen LogP contribution in [0.15, 0.2) is 65.5 Å². The minimum atomic E-state index is -4.86. The van der Waals surface area contributed by atoms with Crippen LogP contribution in [-0.4, -0.2) is 34.8 Å². The van der Waals surface area contributed by atoms with Gasteiger partial charge in [-0.25, -0.2) is 13.8 Å². The van der Waals surface area contributed by atoms with Crippen LogP contribution in [0.1, 0.15) is 19.4 Å². The Morgan fingerprint density at radius 3 is 2.08 bits per heavy atom. The lowest BCUT2D eigenvalue weighted by atomic mass is 10.1. The van der Waals surface area contributed by atoms with Gasteiger partial charge in [0.2, 0.25) is 0 Å². The summed E-state index contributed by atoms with van der Waals surface area (Å²) in [6, 6.07) is 12.2. The smallest absolute Gasteiger partial charge is 0.372 e. The number of nitrogens with zero attached hydrogens (tertiary/aromatic N) is 3. The predicted octanol–water partition coefficient (Wildman–Crippen LogP) is 6.04. The molecule has 6 nitrogen and oxygen atoms in total. The van der Waals surface area contributed by atoms with Crippen molar-refractivity contribution in [3.05, 3.63) is 88.1 Å². The standard InChI is InChI=1S/C27H23F5N4O2/c1-15-13-35(14-16(2)38-15)23-11-21(27(30,31)32)25-22(37)12-24(33-19-7-3-17(28)4-8-19)36(26(25)34-23)20-9-5-18(29)6-10-20/h3-12,15-16,33H,13-14H2,1-2H3. The third-order valence-electron chi connectivity index (χ3n) is 6.20. The Kier molecular flexibility index (Phi) is 6.56. The van der Waals surface area contributed by atoms with Gasteiger partial charge >= 0.3 is 6.18 Å². The van der Waals surface area contributed by atoms with E-state index in [2.05, 4.69) is 10.3 Å². The highest BCUT2D eigenvalue weighted by molar-refractivity contribution is 5.86. The molecule has 1 aliphatic heterocycles. The van der Waals surface area contributed by atoms with E-state index in [1.165, 1.54) is 41.0 Å². The molecule has 0 radical (unpaired) electrons. The Labute approximate surface area is 214 Å². The van der Waals surface area contributed by atoms with E-state index < -0.39 is 34.2 Å². The second-order valence-electron chi connectivity index (χ2n) is 9.22. The third-order valence-corrected chi connectivity index (χ3v) is 6.20. The van der Waals surface area contributed by atoms with Gasteiger partial charge in [-0.15, -0.1) is 0 Å². The van der Waals surface area contributed by atoms with Crippen LogP contribution < -0.4 is 15.6 Å². The fourth-order valence-electron chi connectivity index (χ4n) is 4.67. The summed E-state index contributed by atoms with van der Waals surface area (Å²) < 4.78 is 77.3. The first-order valence-corrected chi connectivity index (χ1v) is 11.9. The van der Waals surface area contributed by atoms with Crippen LogP contribution in [0, 0.1) is 11.6 Å². The third kappa shape index (κ3) is 5.06. The van der Waals surface area contributed by atoms with Gasteiger partial charge in [0.05, 0.1) is 23.2 Å². The molecule has 1 saturated heterocycles. The molecule has 2 unspecified atom stereocenters. The number of alkyl halides is 3. The summed E-state index contributed by atoms with van der Waals surface area (Å²) in [5, 5.41) is 2.34. The number of ether oxygens (including phenoxy) is 1. The van der Waals surface area contributed by atoms with E-state index in [1.807, 2.05) is 13.8 Å². The molecule has 38 heavy (non-hydrogen) atoms. The van der Waals surface area contributed by atoms with Gasteiger partial charge in [-0.3, -0.25) is 9.36 Å². The number of hydrogen-bond acceptors (Lipinski definition) is 5. The molecule has 1 aliphatic rings.